The first-order chi connectivity index (χ1) is 16.3. The SMILES string of the molecule is COc1cc(NC(=O)C2(c3ccc4c(c3)OCO4)CC2)cc2cc(C(C)(C)C)n(CCCO)c12. The molecular formula is C27H32N2O5. The molecule has 180 valence electrons. The van der Waals surface area contributed by atoms with Crippen molar-refractivity contribution in [3.63, 3.8) is 0 Å². The van der Waals surface area contributed by atoms with Crippen LogP contribution in [-0.4, -0.2) is 36.1 Å². The van der Waals surface area contributed by atoms with Crippen molar-refractivity contribution in [1.82, 2.24) is 4.57 Å². The molecule has 1 aliphatic carbocycles. The molecule has 1 fully saturated rings. The van der Waals surface area contributed by atoms with E-state index in [1.54, 1.807) is 7.11 Å². The first-order valence-electron chi connectivity index (χ1n) is 11.8. The van der Waals surface area contributed by atoms with E-state index < -0.39 is 5.41 Å². The summed E-state index contributed by atoms with van der Waals surface area (Å²) in [6.45, 7) is 7.56. The van der Waals surface area contributed by atoms with Crippen molar-refractivity contribution >= 4 is 22.5 Å². The number of aromatic nitrogens is 1. The molecule has 1 aliphatic heterocycles. The van der Waals surface area contributed by atoms with Gasteiger partial charge in [0.05, 0.1) is 18.0 Å². The number of ether oxygens (including phenoxy) is 3. The minimum absolute atomic E-state index is 0.0245. The Morgan fingerprint density at radius 1 is 1.15 bits per heavy atom. The average molecular weight is 465 g/mol. The largest absolute Gasteiger partial charge is 0.494 e. The third-order valence-corrected chi connectivity index (χ3v) is 6.85. The van der Waals surface area contributed by atoms with E-state index in [4.69, 9.17) is 14.2 Å². The standard InChI is InChI=1S/C27H32N2O5/c1-26(2,3)23-13-17-12-19(15-22(32-4)24(17)29(23)10-5-11-30)28-25(31)27(8-9-27)18-6-7-20-21(14-18)34-16-33-20/h6-7,12-15,30H,5,8-11,16H2,1-4H3,(H,28,31). The van der Waals surface area contributed by atoms with Gasteiger partial charge in [-0.15, -0.1) is 0 Å². The number of nitrogens with one attached hydrogen (secondary N) is 1. The van der Waals surface area contributed by atoms with E-state index >= 15 is 0 Å². The third kappa shape index (κ3) is 3.78. The Bertz CT molecular complexity index is 1250. The molecule has 7 nitrogen and oxygen atoms in total. The zero-order valence-electron chi connectivity index (χ0n) is 20.2. The number of fused-ring (bicyclic) bond motifs is 2. The molecule has 34 heavy (non-hydrogen) atoms. The summed E-state index contributed by atoms with van der Waals surface area (Å²) in [5.41, 5.74) is 3.17. The number of aliphatic hydroxyl groups is 1. The molecule has 2 N–H and O–H groups in total. The van der Waals surface area contributed by atoms with Crippen LogP contribution < -0.4 is 19.5 Å². The van der Waals surface area contributed by atoms with Gasteiger partial charge in [-0.05, 0) is 49.1 Å². The number of hydrogen-bond donors (Lipinski definition) is 2. The monoisotopic (exact) mass is 464 g/mol. The lowest BCUT2D eigenvalue weighted by molar-refractivity contribution is -0.118. The Morgan fingerprint density at radius 2 is 1.91 bits per heavy atom. The van der Waals surface area contributed by atoms with Crippen molar-refractivity contribution < 1.29 is 24.1 Å². The number of nitrogens with zero attached hydrogens (tertiary/aromatic N) is 1. The second-order valence-electron chi connectivity index (χ2n) is 10.2. The fourth-order valence-corrected chi connectivity index (χ4v) is 4.90. The van der Waals surface area contributed by atoms with Crippen LogP contribution in [0, 0.1) is 0 Å². The number of anilines is 1. The van der Waals surface area contributed by atoms with Gasteiger partial charge >= 0.3 is 0 Å². The number of aryl methyl sites for hydroxylation is 1. The fourth-order valence-electron chi connectivity index (χ4n) is 4.90. The molecule has 2 heterocycles. The van der Waals surface area contributed by atoms with Crippen LogP contribution in [-0.2, 0) is 22.2 Å². The molecule has 1 saturated carbocycles. The molecule has 0 bridgehead atoms. The lowest BCUT2D eigenvalue weighted by Gasteiger charge is -2.22. The Morgan fingerprint density at radius 3 is 2.59 bits per heavy atom. The van der Waals surface area contributed by atoms with Gasteiger partial charge in [-0.25, -0.2) is 0 Å². The van der Waals surface area contributed by atoms with Gasteiger partial charge in [0, 0.05) is 41.4 Å². The summed E-state index contributed by atoms with van der Waals surface area (Å²) < 4.78 is 18.9. The number of rotatable bonds is 7. The number of amides is 1. The first kappa shape index (κ1) is 22.6. The maximum atomic E-state index is 13.4. The second kappa shape index (κ2) is 8.24. The summed E-state index contributed by atoms with van der Waals surface area (Å²) in [4.78, 5) is 13.4. The van der Waals surface area contributed by atoms with Crippen LogP contribution in [0.4, 0.5) is 5.69 Å². The molecule has 0 saturated heterocycles. The van der Waals surface area contributed by atoms with Gasteiger partial charge in [0.25, 0.3) is 0 Å². The van der Waals surface area contributed by atoms with E-state index in [-0.39, 0.29) is 24.7 Å². The summed E-state index contributed by atoms with van der Waals surface area (Å²) in [5.74, 6) is 2.09. The lowest BCUT2D eigenvalue weighted by Crippen LogP contribution is -2.27. The molecule has 1 aromatic heterocycles. The van der Waals surface area contributed by atoms with Crippen molar-refractivity contribution in [2.24, 2.45) is 0 Å². The van der Waals surface area contributed by atoms with Crippen molar-refractivity contribution in [2.45, 2.75) is 57.4 Å². The highest BCUT2D eigenvalue weighted by atomic mass is 16.7. The van der Waals surface area contributed by atoms with Crippen LogP contribution in [0.15, 0.2) is 36.4 Å². The predicted molar refractivity (Wildman–Crippen MR) is 131 cm³/mol. The van der Waals surface area contributed by atoms with Crippen molar-refractivity contribution in [3.05, 3.63) is 47.7 Å². The molecule has 2 aliphatic rings. The van der Waals surface area contributed by atoms with E-state index in [9.17, 15) is 9.90 Å². The minimum atomic E-state index is -0.549. The summed E-state index contributed by atoms with van der Waals surface area (Å²) >= 11 is 0. The van der Waals surface area contributed by atoms with E-state index in [0.29, 0.717) is 30.2 Å². The summed E-state index contributed by atoms with van der Waals surface area (Å²) in [5, 5.41) is 13.6. The maximum Gasteiger partial charge on any atom is 0.235 e. The average Bonchev–Trinajstić information content (AvgIpc) is 3.33. The zero-order valence-corrected chi connectivity index (χ0v) is 20.2. The van der Waals surface area contributed by atoms with Gasteiger partial charge in [-0.1, -0.05) is 26.8 Å². The van der Waals surface area contributed by atoms with Crippen molar-refractivity contribution in [3.8, 4) is 17.2 Å². The molecule has 0 radical (unpaired) electrons. The normalized spacial score (nSPS) is 16.0. The Kier molecular flexibility index (Phi) is 5.47. The first-order valence-corrected chi connectivity index (χ1v) is 11.8. The van der Waals surface area contributed by atoms with Crippen molar-refractivity contribution in [2.75, 3.05) is 25.8 Å². The molecule has 5 rings (SSSR count). The van der Waals surface area contributed by atoms with Crippen LogP contribution in [0.1, 0.15) is 51.3 Å². The summed E-state index contributed by atoms with van der Waals surface area (Å²) in [6, 6.07) is 11.8. The van der Waals surface area contributed by atoms with Crippen LogP contribution in [0.5, 0.6) is 17.2 Å². The Balaban J connectivity index is 1.49. The fraction of sp³-hybridized carbons (Fsp3) is 0.444. The molecule has 2 aromatic carbocycles. The minimum Gasteiger partial charge on any atom is -0.494 e. The van der Waals surface area contributed by atoms with Gasteiger partial charge in [-0.3, -0.25) is 4.79 Å². The topological polar surface area (TPSA) is 82.0 Å². The van der Waals surface area contributed by atoms with Gasteiger partial charge in [0.15, 0.2) is 11.5 Å². The number of carbonyl (C=O) groups is 1. The summed E-state index contributed by atoms with van der Waals surface area (Å²) in [6.07, 6.45) is 2.25. The molecule has 3 aromatic rings. The maximum absolute atomic E-state index is 13.4. The van der Waals surface area contributed by atoms with Gasteiger partial charge in [0.1, 0.15) is 5.75 Å². The number of aliphatic hydroxyl groups excluding tert-OH is 1. The summed E-state index contributed by atoms with van der Waals surface area (Å²) in [7, 11) is 1.65. The number of methoxy groups -OCH3 is 1. The highest BCUT2D eigenvalue weighted by Crippen LogP contribution is 2.51. The Labute approximate surface area is 199 Å². The quantitative estimate of drug-likeness (QED) is 0.528. The smallest absolute Gasteiger partial charge is 0.235 e. The predicted octanol–water partition coefficient (Wildman–Crippen LogP) is 4.73. The second-order valence-corrected chi connectivity index (χ2v) is 10.2. The van der Waals surface area contributed by atoms with Crippen LogP contribution >= 0.6 is 0 Å². The van der Waals surface area contributed by atoms with Crippen LogP contribution in [0.3, 0.4) is 0 Å². The van der Waals surface area contributed by atoms with E-state index in [2.05, 4.69) is 36.7 Å². The zero-order chi connectivity index (χ0) is 24.1. The molecule has 0 spiro atoms. The molecule has 0 atom stereocenters. The van der Waals surface area contributed by atoms with Gasteiger partial charge < -0.3 is 29.2 Å². The number of hydrogen-bond acceptors (Lipinski definition) is 5. The highest BCUT2D eigenvalue weighted by Gasteiger charge is 2.51. The molecular weight excluding hydrogens is 432 g/mol. The van der Waals surface area contributed by atoms with E-state index in [1.807, 2.05) is 30.3 Å². The lowest BCUT2D eigenvalue weighted by atomic mass is 9.92. The molecule has 0 unspecified atom stereocenters. The number of benzene rings is 2. The Hall–Kier alpha value is -3.19. The molecule has 7 heteroatoms. The van der Waals surface area contributed by atoms with Gasteiger partial charge in [-0.2, -0.15) is 0 Å². The number of carbonyl (C=O) groups excluding carboxylic acids is 1. The highest BCUT2D eigenvalue weighted by molar-refractivity contribution is 6.03. The van der Waals surface area contributed by atoms with E-state index in [1.165, 1.54) is 0 Å². The third-order valence-electron chi connectivity index (χ3n) is 6.85. The van der Waals surface area contributed by atoms with Crippen LogP contribution in [0.25, 0.3) is 10.9 Å². The van der Waals surface area contributed by atoms with Crippen LogP contribution in [0.2, 0.25) is 0 Å². The van der Waals surface area contributed by atoms with E-state index in [0.717, 1.165) is 40.8 Å². The van der Waals surface area contributed by atoms with Gasteiger partial charge in [0.2, 0.25) is 12.7 Å². The van der Waals surface area contributed by atoms with Crippen molar-refractivity contribution in [1.29, 1.82) is 0 Å². The molecule has 1 amide bonds.